The molecule has 2 heteroatoms. The average molecular weight is 272 g/mol. The summed E-state index contributed by atoms with van der Waals surface area (Å²) in [5, 5.41) is 5.02. The molecule has 1 aromatic heterocycles. The molecule has 0 aliphatic rings. The summed E-state index contributed by atoms with van der Waals surface area (Å²) in [5.74, 6) is 0. The second-order valence-corrected chi connectivity index (χ2v) is 6.72. The first-order valence-electron chi connectivity index (χ1n) is 7.66. The van der Waals surface area contributed by atoms with Crippen molar-refractivity contribution < 1.29 is 0 Å². The first-order valence-corrected chi connectivity index (χ1v) is 7.66. The minimum absolute atomic E-state index is 0.188. The van der Waals surface area contributed by atoms with Gasteiger partial charge in [0.25, 0.3) is 0 Å². The number of nitrogens with one attached hydrogen (secondary N) is 1. The van der Waals surface area contributed by atoms with Crippen molar-refractivity contribution >= 4 is 10.9 Å². The second kappa shape index (κ2) is 5.61. The van der Waals surface area contributed by atoms with Gasteiger partial charge in [0.05, 0.1) is 5.52 Å². The fourth-order valence-electron chi connectivity index (χ4n) is 2.96. The van der Waals surface area contributed by atoms with E-state index in [0.717, 1.165) is 19.4 Å². The molecule has 2 aromatic rings. The molecule has 1 N–H and O–H groups in total. The molecule has 0 saturated carbocycles. The molecular weight excluding hydrogens is 244 g/mol. The number of hydrogen-bond acceptors (Lipinski definition) is 1. The summed E-state index contributed by atoms with van der Waals surface area (Å²) >= 11 is 0. The molecule has 2 nitrogen and oxygen atoms in total. The minimum atomic E-state index is 0.188. The highest BCUT2D eigenvalue weighted by Gasteiger charge is 2.15. The lowest BCUT2D eigenvalue weighted by atomic mass is 10.0. The van der Waals surface area contributed by atoms with Crippen molar-refractivity contribution in [1.29, 1.82) is 0 Å². The number of fused-ring (bicyclic) bond motifs is 1. The van der Waals surface area contributed by atoms with Crippen LogP contribution < -0.4 is 5.32 Å². The maximum absolute atomic E-state index is 3.59. The van der Waals surface area contributed by atoms with Crippen LogP contribution in [-0.2, 0) is 19.9 Å². The molecule has 0 spiro atoms. The second-order valence-electron chi connectivity index (χ2n) is 6.72. The van der Waals surface area contributed by atoms with Crippen LogP contribution in [0, 0.1) is 6.92 Å². The van der Waals surface area contributed by atoms with Crippen LogP contribution in [0.5, 0.6) is 0 Å². The maximum Gasteiger partial charge on any atom is 0.0515 e. The lowest BCUT2D eigenvalue weighted by Gasteiger charge is -2.20. The van der Waals surface area contributed by atoms with Crippen LogP contribution in [0.1, 0.15) is 44.5 Å². The van der Waals surface area contributed by atoms with Crippen molar-refractivity contribution in [2.24, 2.45) is 7.05 Å². The molecule has 110 valence electrons. The Morgan fingerprint density at radius 3 is 2.50 bits per heavy atom. The van der Waals surface area contributed by atoms with Crippen LogP contribution in [0.4, 0.5) is 0 Å². The Morgan fingerprint density at radius 1 is 1.20 bits per heavy atom. The van der Waals surface area contributed by atoms with Gasteiger partial charge in [0.1, 0.15) is 0 Å². The van der Waals surface area contributed by atoms with E-state index >= 15 is 0 Å². The van der Waals surface area contributed by atoms with Crippen molar-refractivity contribution in [2.75, 3.05) is 6.54 Å². The van der Waals surface area contributed by atoms with E-state index in [1.807, 2.05) is 0 Å². The number of benzene rings is 1. The van der Waals surface area contributed by atoms with Crippen LogP contribution in [0.2, 0.25) is 0 Å². The zero-order chi connectivity index (χ0) is 14.9. The van der Waals surface area contributed by atoms with Gasteiger partial charge in [-0.15, -0.1) is 0 Å². The molecule has 2 rings (SSSR count). The minimum Gasteiger partial charge on any atom is -0.347 e. The Kier molecular flexibility index (Phi) is 4.24. The topological polar surface area (TPSA) is 17.0 Å². The van der Waals surface area contributed by atoms with Crippen molar-refractivity contribution in [1.82, 2.24) is 9.88 Å². The highest BCUT2D eigenvalue weighted by atomic mass is 15.0. The third-order valence-corrected chi connectivity index (χ3v) is 4.13. The van der Waals surface area contributed by atoms with Gasteiger partial charge in [-0.2, -0.15) is 0 Å². The van der Waals surface area contributed by atoms with Crippen molar-refractivity contribution in [3.8, 4) is 0 Å². The van der Waals surface area contributed by atoms with Crippen LogP contribution in [-0.4, -0.2) is 16.7 Å². The lowest BCUT2D eigenvalue weighted by molar-refractivity contribution is 0.429. The number of hydrogen-bond donors (Lipinski definition) is 1. The molecule has 0 fully saturated rings. The molecule has 0 aliphatic heterocycles. The van der Waals surface area contributed by atoms with E-state index in [2.05, 4.69) is 69.7 Å². The first kappa shape index (κ1) is 15.1. The molecule has 0 unspecified atom stereocenters. The molecule has 0 saturated heterocycles. The van der Waals surface area contributed by atoms with Gasteiger partial charge in [0, 0.05) is 23.7 Å². The number of nitrogens with zero attached hydrogens (tertiary/aromatic N) is 1. The fourth-order valence-corrected chi connectivity index (χ4v) is 2.96. The van der Waals surface area contributed by atoms with Crippen molar-refractivity contribution in [3.63, 3.8) is 0 Å². The molecule has 1 heterocycles. The summed E-state index contributed by atoms with van der Waals surface area (Å²) in [5.41, 5.74) is 5.94. The average Bonchev–Trinajstić information content (AvgIpc) is 2.62. The molecule has 0 bridgehead atoms. The zero-order valence-corrected chi connectivity index (χ0v) is 13.8. The lowest BCUT2D eigenvalue weighted by Crippen LogP contribution is -2.37. The van der Waals surface area contributed by atoms with E-state index in [4.69, 9.17) is 0 Å². The summed E-state index contributed by atoms with van der Waals surface area (Å²) in [6.07, 6.45) is 2.18. The molecule has 1 aromatic carbocycles. The van der Waals surface area contributed by atoms with Gasteiger partial charge in [-0.25, -0.2) is 0 Å². The van der Waals surface area contributed by atoms with E-state index < -0.39 is 0 Å². The standard InChI is InChI=1S/C18H28N2/c1-7-14-9-8-10-16-15(11-12-19-18(3,4)5)13(2)20(6)17(14)16/h8-10,19H,7,11-12H2,1-6H3. The predicted octanol–water partition coefficient (Wildman–Crippen LogP) is 3.98. The Morgan fingerprint density at radius 2 is 1.90 bits per heavy atom. The summed E-state index contributed by atoms with van der Waals surface area (Å²) in [4.78, 5) is 0. The summed E-state index contributed by atoms with van der Waals surface area (Å²) in [6, 6.07) is 6.72. The van der Waals surface area contributed by atoms with Gasteiger partial charge < -0.3 is 9.88 Å². The molecular formula is C18H28N2. The van der Waals surface area contributed by atoms with Gasteiger partial charge in [-0.1, -0.05) is 25.1 Å². The summed E-state index contributed by atoms with van der Waals surface area (Å²) in [6.45, 7) is 12.2. The monoisotopic (exact) mass is 272 g/mol. The Balaban J connectivity index is 2.36. The smallest absolute Gasteiger partial charge is 0.0515 e. The van der Waals surface area contributed by atoms with Gasteiger partial charge in [-0.05, 0) is 58.2 Å². The van der Waals surface area contributed by atoms with Gasteiger partial charge >= 0.3 is 0 Å². The Bertz CT molecular complexity index is 600. The van der Waals surface area contributed by atoms with Crippen LogP contribution in [0.25, 0.3) is 10.9 Å². The molecule has 0 amide bonds. The SMILES string of the molecule is CCc1cccc2c(CCNC(C)(C)C)c(C)n(C)c12. The van der Waals surface area contributed by atoms with Gasteiger partial charge in [0.15, 0.2) is 0 Å². The van der Waals surface area contributed by atoms with E-state index in [1.54, 1.807) is 0 Å². The summed E-state index contributed by atoms with van der Waals surface area (Å²) in [7, 11) is 2.19. The number of rotatable bonds is 4. The predicted molar refractivity (Wildman–Crippen MR) is 88.5 cm³/mol. The van der Waals surface area contributed by atoms with Crippen LogP contribution in [0.15, 0.2) is 18.2 Å². The third-order valence-electron chi connectivity index (χ3n) is 4.13. The van der Waals surface area contributed by atoms with Crippen molar-refractivity contribution in [2.45, 2.75) is 53.0 Å². The molecule has 0 radical (unpaired) electrons. The normalized spacial score (nSPS) is 12.3. The first-order chi connectivity index (χ1) is 9.35. The number of para-hydroxylation sites is 1. The third kappa shape index (κ3) is 2.90. The zero-order valence-electron chi connectivity index (χ0n) is 13.8. The van der Waals surface area contributed by atoms with E-state index in [9.17, 15) is 0 Å². The molecule has 0 aliphatic carbocycles. The number of aryl methyl sites for hydroxylation is 2. The Hall–Kier alpha value is -1.28. The largest absolute Gasteiger partial charge is 0.347 e. The van der Waals surface area contributed by atoms with Gasteiger partial charge in [-0.3, -0.25) is 0 Å². The highest BCUT2D eigenvalue weighted by Crippen LogP contribution is 2.28. The molecule has 20 heavy (non-hydrogen) atoms. The molecule has 0 atom stereocenters. The number of aromatic nitrogens is 1. The van der Waals surface area contributed by atoms with Crippen LogP contribution >= 0.6 is 0 Å². The van der Waals surface area contributed by atoms with Crippen LogP contribution in [0.3, 0.4) is 0 Å². The van der Waals surface area contributed by atoms with E-state index in [1.165, 1.54) is 27.7 Å². The van der Waals surface area contributed by atoms with E-state index in [-0.39, 0.29) is 5.54 Å². The quantitative estimate of drug-likeness (QED) is 0.891. The summed E-state index contributed by atoms with van der Waals surface area (Å²) < 4.78 is 2.36. The van der Waals surface area contributed by atoms with Gasteiger partial charge in [0.2, 0.25) is 0 Å². The van der Waals surface area contributed by atoms with E-state index in [0.29, 0.717) is 0 Å². The fraction of sp³-hybridized carbons (Fsp3) is 0.556. The van der Waals surface area contributed by atoms with Crippen molar-refractivity contribution in [3.05, 3.63) is 35.0 Å². The maximum atomic E-state index is 3.59. The Labute approximate surface area is 123 Å². The highest BCUT2D eigenvalue weighted by molar-refractivity contribution is 5.88.